The van der Waals surface area contributed by atoms with E-state index in [1.54, 1.807) is 0 Å². The smallest absolute Gasteiger partial charge is 0.159 e. The maximum Gasteiger partial charge on any atom is 0.159 e. The Labute approximate surface area is 416 Å². The summed E-state index contributed by atoms with van der Waals surface area (Å²) >= 11 is 0. The minimum atomic E-state index is -0.332. The van der Waals surface area contributed by atoms with E-state index >= 15 is 0 Å². The third-order valence-electron chi connectivity index (χ3n) is 16.9. The summed E-state index contributed by atoms with van der Waals surface area (Å²) in [7, 11) is 0. The fourth-order valence-electron chi connectivity index (χ4n) is 13.3. The second kappa shape index (κ2) is 16.2. The lowest BCUT2D eigenvalue weighted by atomic mass is 9.70. The van der Waals surface area contributed by atoms with Crippen molar-refractivity contribution in [3.8, 4) is 0 Å². The van der Waals surface area contributed by atoms with Gasteiger partial charge >= 0.3 is 0 Å². The van der Waals surface area contributed by atoms with Gasteiger partial charge in [0.2, 0.25) is 0 Å². The first-order valence-electron chi connectivity index (χ1n) is 26.0. The van der Waals surface area contributed by atoms with Gasteiger partial charge in [-0.25, -0.2) is 0 Å². The largest absolute Gasteiger partial charge is 0.463 e. The van der Waals surface area contributed by atoms with Crippen molar-refractivity contribution in [2.24, 2.45) is 5.92 Å². The van der Waals surface area contributed by atoms with Crippen LogP contribution >= 0.6 is 0 Å². The van der Waals surface area contributed by atoms with E-state index in [1.807, 2.05) is 0 Å². The number of allylic oxidation sites excluding steroid dienone is 11. The van der Waals surface area contributed by atoms with Crippen LogP contribution in [0.3, 0.4) is 0 Å². The third-order valence-corrected chi connectivity index (χ3v) is 16.9. The molecule has 0 spiro atoms. The van der Waals surface area contributed by atoms with Crippen LogP contribution in [0, 0.1) is 5.92 Å². The summed E-state index contributed by atoms with van der Waals surface area (Å²) in [5.74, 6) is 2.68. The number of fused-ring (bicyclic) bond motifs is 6. The van der Waals surface area contributed by atoms with E-state index in [4.69, 9.17) is 8.83 Å². The molecule has 0 saturated heterocycles. The van der Waals surface area contributed by atoms with Crippen molar-refractivity contribution < 1.29 is 8.83 Å². The standard InChI is InChI=1S/C67H58N2O2/c1-43-31-34-49-51-25-16-27-57(64(51)71-60(49)42-43)68(54-26-12-10-22-47(54)44-18-6-4-7-19-44)55-36-33-45-32-35-53-56(38-41-66(2)40-37-52(55)62(45)63(53)66)69(61-30-14-15-39-67(61,3)46-20-8-5-9-21-46)58-28-17-24-50-48-23-11-13-29-59(48)70-65(50)58/h5-6,8-25,28-38,41,43,54,57H,4,7,26-27,39-40,42H2,1-3H3/t43?,54?,57-,66?,67?/m1/s1. The molecule has 7 aliphatic rings. The average Bonchev–Trinajstić information content (AvgIpc) is 3.99. The Morgan fingerprint density at radius 1 is 0.662 bits per heavy atom. The average molecular weight is 923 g/mol. The van der Waals surface area contributed by atoms with Gasteiger partial charge in [-0.3, -0.25) is 0 Å². The van der Waals surface area contributed by atoms with Crippen LogP contribution < -0.4 is 20.2 Å². The predicted octanol–water partition coefficient (Wildman–Crippen LogP) is 15.5. The monoisotopic (exact) mass is 922 g/mol. The van der Waals surface area contributed by atoms with E-state index in [1.165, 1.54) is 66.0 Å². The number of hydrogen-bond acceptors (Lipinski definition) is 4. The van der Waals surface area contributed by atoms with Crippen LogP contribution in [0.5, 0.6) is 0 Å². The van der Waals surface area contributed by atoms with Crippen molar-refractivity contribution >= 4 is 68.0 Å². The Bertz CT molecular complexity index is 3820. The molecule has 0 amide bonds. The highest BCUT2D eigenvalue weighted by Gasteiger charge is 2.42. The van der Waals surface area contributed by atoms with Crippen LogP contribution in [-0.2, 0) is 17.3 Å². The molecular formula is C67H58N2O2. The number of rotatable bonds is 8. The van der Waals surface area contributed by atoms with Gasteiger partial charge in [0.05, 0.1) is 23.5 Å². The van der Waals surface area contributed by atoms with E-state index in [9.17, 15) is 0 Å². The van der Waals surface area contributed by atoms with Crippen LogP contribution in [0.15, 0.2) is 202 Å². The van der Waals surface area contributed by atoms with Gasteiger partial charge in [-0.05, 0) is 115 Å². The molecular weight excluding hydrogens is 865 g/mol. The molecule has 7 aromatic rings. The van der Waals surface area contributed by atoms with E-state index < -0.39 is 0 Å². The Morgan fingerprint density at radius 3 is 2.41 bits per heavy atom. The number of furan rings is 2. The zero-order valence-corrected chi connectivity index (χ0v) is 40.9. The topological polar surface area (TPSA) is 32.8 Å². The molecule has 14 rings (SSSR count). The van der Waals surface area contributed by atoms with Crippen LogP contribution in [0.4, 0.5) is 11.4 Å². The summed E-state index contributed by atoms with van der Waals surface area (Å²) in [5, 5.41) is 7.47. The van der Waals surface area contributed by atoms with E-state index in [0.717, 1.165) is 89.8 Å². The molecule has 5 aromatic carbocycles. The number of anilines is 2. The fraction of sp³-hybridized carbons (Fsp3) is 0.224. The Morgan fingerprint density at radius 2 is 1.51 bits per heavy atom. The van der Waals surface area contributed by atoms with Crippen LogP contribution in [0.2, 0.25) is 0 Å². The molecule has 0 aliphatic heterocycles. The van der Waals surface area contributed by atoms with Crippen LogP contribution in [0.1, 0.15) is 99.1 Å². The summed E-state index contributed by atoms with van der Waals surface area (Å²) in [6.07, 6.45) is 44.7. The molecule has 2 heterocycles. The number of benzene rings is 5. The van der Waals surface area contributed by atoms with Gasteiger partial charge in [0.15, 0.2) is 5.58 Å². The van der Waals surface area contributed by atoms with Crippen molar-refractivity contribution in [3.05, 3.63) is 237 Å². The molecule has 2 aromatic heterocycles. The SMILES string of the molecule is CC1C=Cc2c(oc3c2C=CC[C@H]3N(c2ccc3ccc4c5c3c2=CCC5(C)C=CC=4N(C2=CC=CCC2(C)c2ccccc2)c2cccc3c2oc2ccccc23)C2CC=CC=C2C2=CCCC=C2)C1. The molecule has 0 bridgehead atoms. The summed E-state index contributed by atoms with van der Waals surface area (Å²) in [6, 6.07) is 36.0. The highest BCUT2D eigenvalue weighted by Crippen LogP contribution is 2.50. The zero-order chi connectivity index (χ0) is 47.4. The van der Waals surface area contributed by atoms with Gasteiger partial charge in [0.1, 0.15) is 17.1 Å². The molecule has 0 radical (unpaired) electrons. The van der Waals surface area contributed by atoms with Gasteiger partial charge in [0, 0.05) is 61.0 Å². The lowest BCUT2D eigenvalue weighted by Crippen LogP contribution is -2.45. The molecule has 0 fully saturated rings. The van der Waals surface area contributed by atoms with Gasteiger partial charge in [-0.2, -0.15) is 0 Å². The third kappa shape index (κ3) is 6.49. The quantitative estimate of drug-likeness (QED) is 0.152. The lowest BCUT2D eigenvalue weighted by molar-refractivity contribution is 0.397. The van der Waals surface area contributed by atoms with E-state index in [0.29, 0.717) is 5.92 Å². The number of hydrogen-bond donors (Lipinski definition) is 0. The Hall–Kier alpha value is -7.56. The normalized spacial score (nSPS) is 24.7. The van der Waals surface area contributed by atoms with Gasteiger partial charge in [-0.1, -0.05) is 178 Å². The van der Waals surface area contributed by atoms with Crippen molar-refractivity contribution in [3.63, 3.8) is 0 Å². The summed E-state index contributed by atoms with van der Waals surface area (Å²) in [6.45, 7) is 7.17. The first kappa shape index (κ1) is 42.3. The summed E-state index contributed by atoms with van der Waals surface area (Å²) < 4.78 is 14.1. The highest BCUT2D eigenvalue weighted by atomic mass is 16.3. The van der Waals surface area contributed by atoms with E-state index in [-0.39, 0.29) is 22.9 Å². The molecule has 4 heteroatoms. The second-order valence-electron chi connectivity index (χ2n) is 21.4. The number of nitrogens with zero attached hydrogens (tertiary/aromatic N) is 2. The first-order chi connectivity index (χ1) is 34.9. The number of para-hydroxylation sites is 2. The maximum atomic E-state index is 7.15. The molecule has 4 nitrogen and oxygen atoms in total. The summed E-state index contributed by atoms with van der Waals surface area (Å²) in [4.78, 5) is 5.35. The minimum absolute atomic E-state index is 0.0103. The van der Waals surface area contributed by atoms with Crippen molar-refractivity contribution in [1.82, 2.24) is 0 Å². The Balaban J connectivity index is 1.03. The van der Waals surface area contributed by atoms with Crippen molar-refractivity contribution in [2.75, 3.05) is 9.80 Å². The zero-order valence-electron chi connectivity index (χ0n) is 40.9. The van der Waals surface area contributed by atoms with Gasteiger partial charge in [-0.15, -0.1) is 0 Å². The fourth-order valence-corrected chi connectivity index (χ4v) is 13.3. The molecule has 5 atom stereocenters. The minimum Gasteiger partial charge on any atom is -0.463 e. The molecule has 4 unspecified atom stereocenters. The van der Waals surface area contributed by atoms with Crippen LogP contribution in [-0.4, -0.2) is 6.04 Å². The lowest BCUT2D eigenvalue weighted by Gasteiger charge is -2.44. The highest BCUT2D eigenvalue weighted by molar-refractivity contribution is 6.10. The maximum absolute atomic E-state index is 7.15. The van der Waals surface area contributed by atoms with Crippen LogP contribution in [0.25, 0.3) is 56.6 Å². The van der Waals surface area contributed by atoms with Gasteiger partial charge < -0.3 is 18.6 Å². The predicted molar refractivity (Wildman–Crippen MR) is 296 cm³/mol. The Kier molecular flexibility index (Phi) is 9.69. The molecule has 71 heavy (non-hydrogen) atoms. The van der Waals surface area contributed by atoms with Gasteiger partial charge in [0.25, 0.3) is 0 Å². The molecule has 348 valence electrons. The van der Waals surface area contributed by atoms with E-state index in [2.05, 4.69) is 225 Å². The second-order valence-corrected chi connectivity index (χ2v) is 21.4. The summed E-state index contributed by atoms with van der Waals surface area (Å²) in [5.41, 5.74) is 13.9. The van der Waals surface area contributed by atoms with Crippen molar-refractivity contribution in [1.29, 1.82) is 0 Å². The first-order valence-corrected chi connectivity index (χ1v) is 26.0. The molecule has 7 aliphatic carbocycles. The molecule has 0 N–H and O–H groups in total. The molecule has 0 saturated carbocycles. The van der Waals surface area contributed by atoms with Crippen molar-refractivity contribution in [2.45, 2.75) is 88.6 Å².